The van der Waals surface area contributed by atoms with Gasteiger partial charge in [-0.25, -0.2) is 4.79 Å². The molecule has 1 aromatic carbocycles. The van der Waals surface area contributed by atoms with E-state index in [1.54, 1.807) is 18.3 Å². The minimum absolute atomic E-state index is 0.446. The summed E-state index contributed by atoms with van der Waals surface area (Å²) in [7, 11) is 0. The van der Waals surface area contributed by atoms with Crippen molar-refractivity contribution in [3.8, 4) is 11.3 Å². The van der Waals surface area contributed by atoms with Crippen LogP contribution in [0.25, 0.3) is 22.2 Å². The lowest BCUT2D eigenvalue weighted by molar-refractivity contribution is 0.380. The zero-order chi connectivity index (χ0) is 11.7. The molecule has 0 radical (unpaired) electrons. The van der Waals surface area contributed by atoms with E-state index < -0.39 is 5.63 Å². The number of aromatic nitrogens is 2. The van der Waals surface area contributed by atoms with Crippen molar-refractivity contribution in [1.82, 2.24) is 10.1 Å². The molecule has 0 aliphatic rings. The third-order valence-electron chi connectivity index (χ3n) is 2.52. The summed E-state index contributed by atoms with van der Waals surface area (Å²) >= 11 is 0. The van der Waals surface area contributed by atoms with Gasteiger partial charge in [0.25, 0.3) is 0 Å². The van der Waals surface area contributed by atoms with E-state index in [4.69, 9.17) is 4.52 Å². The van der Waals surface area contributed by atoms with Gasteiger partial charge in [0, 0.05) is 11.8 Å². The van der Waals surface area contributed by atoms with E-state index in [0.29, 0.717) is 16.6 Å². The summed E-state index contributed by atoms with van der Waals surface area (Å²) in [5.41, 5.74) is 1.56. The Morgan fingerprint density at radius 2 is 1.82 bits per heavy atom. The quantitative estimate of drug-likeness (QED) is 0.636. The molecule has 0 spiro atoms. The van der Waals surface area contributed by atoms with E-state index >= 15 is 0 Å². The topological polar surface area (TPSA) is 56.0 Å². The standard InChI is InChI=1S/C13H8N2O2/c16-13-10-7-4-8-14-12(10)11(15-17-13)9-5-2-1-3-6-9/h1-8H. The minimum atomic E-state index is -0.465. The summed E-state index contributed by atoms with van der Waals surface area (Å²) in [4.78, 5) is 15.7. The highest BCUT2D eigenvalue weighted by Crippen LogP contribution is 2.21. The van der Waals surface area contributed by atoms with Crippen molar-refractivity contribution in [3.63, 3.8) is 0 Å². The van der Waals surface area contributed by atoms with Crippen LogP contribution >= 0.6 is 0 Å². The van der Waals surface area contributed by atoms with Gasteiger partial charge in [-0.1, -0.05) is 35.5 Å². The normalized spacial score (nSPS) is 10.6. The smallest absolute Gasteiger partial charge is 0.312 e. The molecule has 4 heteroatoms. The molecule has 0 aliphatic carbocycles. The molecule has 0 fully saturated rings. The van der Waals surface area contributed by atoms with Gasteiger partial charge in [-0.05, 0) is 12.1 Å². The van der Waals surface area contributed by atoms with Crippen LogP contribution in [0.15, 0.2) is 58.0 Å². The lowest BCUT2D eigenvalue weighted by Gasteiger charge is -2.01. The predicted molar refractivity (Wildman–Crippen MR) is 63.5 cm³/mol. The highest BCUT2D eigenvalue weighted by atomic mass is 16.5. The molecular weight excluding hydrogens is 216 g/mol. The zero-order valence-corrected chi connectivity index (χ0v) is 8.83. The summed E-state index contributed by atoms with van der Waals surface area (Å²) in [6.45, 7) is 0. The number of hydrogen-bond donors (Lipinski definition) is 0. The lowest BCUT2D eigenvalue weighted by Crippen LogP contribution is -2.03. The van der Waals surface area contributed by atoms with E-state index in [9.17, 15) is 4.79 Å². The van der Waals surface area contributed by atoms with Crippen LogP contribution in [0.2, 0.25) is 0 Å². The Morgan fingerprint density at radius 1 is 1.00 bits per heavy atom. The first-order valence-corrected chi connectivity index (χ1v) is 5.16. The van der Waals surface area contributed by atoms with Crippen LogP contribution in [-0.2, 0) is 0 Å². The predicted octanol–water partition coefficient (Wildman–Crippen LogP) is 2.25. The summed E-state index contributed by atoms with van der Waals surface area (Å²) in [5, 5.41) is 4.27. The third kappa shape index (κ3) is 1.59. The Labute approximate surface area is 96.5 Å². The highest BCUT2D eigenvalue weighted by molar-refractivity contribution is 5.89. The van der Waals surface area contributed by atoms with Crippen molar-refractivity contribution in [2.24, 2.45) is 0 Å². The van der Waals surface area contributed by atoms with Crippen LogP contribution in [0.4, 0.5) is 0 Å². The highest BCUT2D eigenvalue weighted by Gasteiger charge is 2.10. The van der Waals surface area contributed by atoms with Gasteiger partial charge in [0.15, 0.2) is 0 Å². The molecule has 4 nitrogen and oxygen atoms in total. The van der Waals surface area contributed by atoms with Gasteiger partial charge in [0.2, 0.25) is 0 Å². The van der Waals surface area contributed by atoms with Crippen LogP contribution in [-0.4, -0.2) is 10.1 Å². The molecule has 3 aromatic rings. The molecule has 0 bridgehead atoms. The van der Waals surface area contributed by atoms with Crippen molar-refractivity contribution in [2.45, 2.75) is 0 Å². The number of pyridine rings is 1. The van der Waals surface area contributed by atoms with Gasteiger partial charge in [-0.15, -0.1) is 0 Å². The van der Waals surface area contributed by atoms with E-state index in [-0.39, 0.29) is 0 Å². The monoisotopic (exact) mass is 224 g/mol. The van der Waals surface area contributed by atoms with Crippen molar-refractivity contribution in [2.75, 3.05) is 0 Å². The maximum atomic E-state index is 11.5. The van der Waals surface area contributed by atoms with E-state index in [1.165, 1.54) is 0 Å². The molecular formula is C13H8N2O2. The molecule has 0 aliphatic heterocycles. The molecule has 82 valence electrons. The zero-order valence-electron chi connectivity index (χ0n) is 8.83. The Balaban J connectivity index is 2.39. The van der Waals surface area contributed by atoms with Crippen LogP contribution in [0.1, 0.15) is 0 Å². The fraction of sp³-hybridized carbons (Fsp3) is 0. The third-order valence-corrected chi connectivity index (χ3v) is 2.52. The number of nitrogens with zero attached hydrogens (tertiary/aromatic N) is 2. The van der Waals surface area contributed by atoms with E-state index in [0.717, 1.165) is 5.56 Å². The SMILES string of the molecule is O=c1onc(-c2ccccc2)c2ncccc12. The molecule has 2 heterocycles. The Hall–Kier alpha value is -2.49. The summed E-state index contributed by atoms with van der Waals surface area (Å²) in [6, 6.07) is 12.9. The fourth-order valence-corrected chi connectivity index (χ4v) is 1.72. The Morgan fingerprint density at radius 3 is 2.65 bits per heavy atom. The molecule has 0 saturated heterocycles. The number of hydrogen-bond acceptors (Lipinski definition) is 4. The Kier molecular flexibility index (Phi) is 2.19. The van der Waals surface area contributed by atoms with Crippen LogP contribution < -0.4 is 5.63 Å². The van der Waals surface area contributed by atoms with Gasteiger partial charge in [-0.3, -0.25) is 4.98 Å². The average Bonchev–Trinajstić information content (AvgIpc) is 2.41. The first-order chi connectivity index (χ1) is 8.36. The summed E-state index contributed by atoms with van der Waals surface area (Å²) in [6.07, 6.45) is 1.63. The molecule has 0 N–H and O–H groups in total. The van der Waals surface area contributed by atoms with Crippen LogP contribution in [0.3, 0.4) is 0 Å². The minimum Gasteiger partial charge on any atom is -0.312 e. The molecule has 3 rings (SSSR count). The largest absolute Gasteiger partial charge is 0.368 e. The second kappa shape index (κ2) is 3.83. The number of fused-ring (bicyclic) bond motifs is 1. The Bertz CT molecular complexity index is 720. The second-order valence-corrected chi connectivity index (χ2v) is 3.58. The van der Waals surface area contributed by atoms with Crippen LogP contribution in [0, 0.1) is 0 Å². The maximum absolute atomic E-state index is 11.5. The van der Waals surface area contributed by atoms with Crippen molar-refractivity contribution in [3.05, 3.63) is 59.1 Å². The molecule has 17 heavy (non-hydrogen) atoms. The lowest BCUT2D eigenvalue weighted by atomic mass is 10.1. The first kappa shape index (κ1) is 9.72. The van der Waals surface area contributed by atoms with Crippen molar-refractivity contribution in [1.29, 1.82) is 0 Å². The van der Waals surface area contributed by atoms with Crippen molar-refractivity contribution < 1.29 is 4.52 Å². The summed E-state index contributed by atoms with van der Waals surface area (Å²) in [5.74, 6) is 0. The maximum Gasteiger partial charge on any atom is 0.368 e. The fourth-order valence-electron chi connectivity index (χ4n) is 1.72. The van der Waals surface area contributed by atoms with Gasteiger partial charge in [0.05, 0.1) is 5.39 Å². The van der Waals surface area contributed by atoms with Gasteiger partial charge < -0.3 is 4.52 Å². The van der Waals surface area contributed by atoms with Gasteiger partial charge >= 0.3 is 5.63 Å². The molecule has 0 atom stereocenters. The number of benzene rings is 1. The second-order valence-electron chi connectivity index (χ2n) is 3.58. The van der Waals surface area contributed by atoms with Gasteiger partial charge in [0.1, 0.15) is 11.2 Å². The van der Waals surface area contributed by atoms with Gasteiger partial charge in [-0.2, -0.15) is 0 Å². The van der Waals surface area contributed by atoms with Crippen LogP contribution in [0.5, 0.6) is 0 Å². The average molecular weight is 224 g/mol. The van der Waals surface area contributed by atoms with Crippen molar-refractivity contribution >= 4 is 10.9 Å². The number of rotatable bonds is 1. The molecule has 0 saturated carbocycles. The first-order valence-electron chi connectivity index (χ1n) is 5.16. The molecule has 0 unspecified atom stereocenters. The van der Waals surface area contributed by atoms with E-state index in [1.807, 2.05) is 30.3 Å². The van der Waals surface area contributed by atoms with E-state index in [2.05, 4.69) is 10.1 Å². The summed E-state index contributed by atoms with van der Waals surface area (Å²) < 4.78 is 4.78. The molecule has 0 amide bonds. The molecule has 2 aromatic heterocycles.